The number of thiophene rings is 1. The van der Waals surface area contributed by atoms with Crippen molar-refractivity contribution in [3.8, 4) is 5.88 Å². The fraction of sp³-hybridized carbons (Fsp3) is 0.273. The molecule has 96 valence electrons. The van der Waals surface area contributed by atoms with Crippen molar-refractivity contribution >= 4 is 27.3 Å². The maximum absolute atomic E-state index is 5.60. The molecule has 3 N–H and O–H groups in total. The van der Waals surface area contributed by atoms with Crippen molar-refractivity contribution in [3.63, 3.8) is 0 Å². The maximum atomic E-state index is 5.60. The lowest BCUT2D eigenvalue weighted by Crippen LogP contribution is -2.30. The molecule has 0 aliphatic heterocycles. The Kier molecular flexibility index (Phi) is 4.65. The quantitative estimate of drug-likeness (QED) is 0.649. The van der Waals surface area contributed by atoms with Gasteiger partial charge in [0.15, 0.2) is 0 Å². The lowest BCUT2D eigenvalue weighted by atomic mass is 10.1. The SMILES string of the molecule is COc1cc(C(Cc2sccc2Br)NN)ncn1. The van der Waals surface area contributed by atoms with Gasteiger partial charge in [0.2, 0.25) is 5.88 Å². The standard InChI is InChI=1S/C11H13BrN4OS/c1-17-11-5-8(14-6-15-11)9(16-13)4-10-7(12)2-3-18-10/h2-3,5-6,9,16H,4,13H2,1H3. The number of nitrogens with zero attached hydrogens (tertiary/aromatic N) is 2. The summed E-state index contributed by atoms with van der Waals surface area (Å²) < 4.78 is 6.17. The molecule has 1 atom stereocenters. The lowest BCUT2D eigenvalue weighted by molar-refractivity contribution is 0.394. The highest BCUT2D eigenvalue weighted by Gasteiger charge is 2.15. The van der Waals surface area contributed by atoms with Gasteiger partial charge >= 0.3 is 0 Å². The molecular formula is C11H13BrN4OS. The van der Waals surface area contributed by atoms with Gasteiger partial charge in [-0.25, -0.2) is 9.97 Å². The van der Waals surface area contributed by atoms with Crippen LogP contribution < -0.4 is 16.0 Å². The first-order chi connectivity index (χ1) is 8.74. The van der Waals surface area contributed by atoms with Crippen LogP contribution in [0.25, 0.3) is 0 Å². The molecule has 0 bridgehead atoms. The highest BCUT2D eigenvalue weighted by Crippen LogP contribution is 2.27. The van der Waals surface area contributed by atoms with E-state index in [0.717, 1.165) is 16.6 Å². The topological polar surface area (TPSA) is 73.1 Å². The summed E-state index contributed by atoms with van der Waals surface area (Å²) in [6, 6.07) is 3.73. The molecule has 0 aliphatic rings. The molecule has 0 aromatic carbocycles. The molecule has 7 heteroatoms. The monoisotopic (exact) mass is 328 g/mol. The van der Waals surface area contributed by atoms with Crippen LogP contribution in [-0.2, 0) is 6.42 Å². The fourth-order valence-electron chi connectivity index (χ4n) is 1.56. The Labute approximate surface area is 118 Å². The van der Waals surface area contributed by atoms with E-state index in [4.69, 9.17) is 10.6 Å². The third kappa shape index (κ3) is 3.05. The number of hydrogen-bond donors (Lipinski definition) is 2. The largest absolute Gasteiger partial charge is 0.481 e. The van der Waals surface area contributed by atoms with Gasteiger partial charge in [-0.1, -0.05) is 0 Å². The van der Waals surface area contributed by atoms with Gasteiger partial charge in [-0.2, -0.15) is 0 Å². The molecule has 1 unspecified atom stereocenters. The number of halogens is 1. The normalized spacial score (nSPS) is 12.4. The fourth-order valence-corrected chi connectivity index (χ4v) is 3.12. The van der Waals surface area contributed by atoms with E-state index in [1.165, 1.54) is 11.2 Å². The summed E-state index contributed by atoms with van der Waals surface area (Å²) in [6.45, 7) is 0. The van der Waals surface area contributed by atoms with E-state index in [1.807, 2.05) is 11.4 Å². The summed E-state index contributed by atoms with van der Waals surface area (Å²) in [5.41, 5.74) is 3.59. The molecule has 18 heavy (non-hydrogen) atoms. The molecule has 0 amide bonds. The third-order valence-electron chi connectivity index (χ3n) is 2.51. The molecule has 2 heterocycles. The van der Waals surface area contributed by atoms with Gasteiger partial charge in [0.05, 0.1) is 18.8 Å². The maximum Gasteiger partial charge on any atom is 0.216 e. The second kappa shape index (κ2) is 6.24. The Balaban J connectivity index is 2.20. The molecule has 5 nitrogen and oxygen atoms in total. The Hall–Kier alpha value is -1.02. The number of ether oxygens (including phenoxy) is 1. The molecule has 0 saturated carbocycles. The van der Waals surface area contributed by atoms with E-state index >= 15 is 0 Å². The Bertz CT molecular complexity index is 519. The molecular weight excluding hydrogens is 316 g/mol. The number of nitrogens with two attached hydrogens (primary N) is 1. The van der Waals surface area contributed by atoms with Crippen molar-refractivity contribution in [2.24, 2.45) is 5.84 Å². The van der Waals surface area contributed by atoms with Crippen LogP contribution in [0.4, 0.5) is 0 Å². The molecule has 0 spiro atoms. The molecule has 0 fully saturated rings. The Morgan fingerprint density at radius 1 is 1.56 bits per heavy atom. The van der Waals surface area contributed by atoms with Gasteiger partial charge in [0.25, 0.3) is 0 Å². The highest BCUT2D eigenvalue weighted by molar-refractivity contribution is 9.10. The Morgan fingerprint density at radius 2 is 2.39 bits per heavy atom. The Morgan fingerprint density at radius 3 is 3.00 bits per heavy atom. The van der Waals surface area contributed by atoms with Gasteiger partial charge in [-0.15, -0.1) is 11.3 Å². The second-order valence-corrected chi connectivity index (χ2v) is 5.46. The minimum Gasteiger partial charge on any atom is -0.481 e. The predicted molar refractivity (Wildman–Crippen MR) is 74.4 cm³/mol. The van der Waals surface area contributed by atoms with Crippen LogP contribution in [0.5, 0.6) is 5.88 Å². The summed E-state index contributed by atoms with van der Waals surface area (Å²) in [5, 5.41) is 2.04. The first-order valence-corrected chi connectivity index (χ1v) is 6.95. The van der Waals surface area contributed by atoms with Crippen LogP contribution >= 0.6 is 27.3 Å². The predicted octanol–water partition coefficient (Wildman–Crippen LogP) is 2.06. The van der Waals surface area contributed by atoms with E-state index in [2.05, 4.69) is 31.3 Å². The zero-order valence-electron chi connectivity index (χ0n) is 9.76. The average Bonchev–Trinajstić information content (AvgIpc) is 2.81. The molecule has 2 rings (SSSR count). The number of hydrogen-bond acceptors (Lipinski definition) is 6. The van der Waals surface area contributed by atoms with Crippen molar-refractivity contribution in [3.05, 3.63) is 38.9 Å². The van der Waals surface area contributed by atoms with Crippen LogP contribution in [0.15, 0.2) is 28.3 Å². The number of rotatable bonds is 5. The molecule has 2 aromatic heterocycles. The van der Waals surface area contributed by atoms with Gasteiger partial charge < -0.3 is 4.74 Å². The van der Waals surface area contributed by atoms with E-state index in [0.29, 0.717) is 5.88 Å². The first-order valence-electron chi connectivity index (χ1n) is 5.28. The van der Waals surface area contributed by atoms with E-state index in [1.54, 1.807) is 24.5 Å². The minimum absolute atomic E-state index is 0.0724. The zero-order chi connectivity index (χ0) is 13.0. The van der Waals surface area contributed by atoms with Crippen LogP contribution in [0.1, 0.15) is 16.6 Å². The second-order valence-electron chi connectivity index (χ2n) is 3.60. The van der Waals surface area contributed by atoms with Crippen molar-refractivity contribution < 1.29 is 4.74 Å². The highest BCUT2D eigenvalue weighted by atomic mass is 79.9. The summed E-state index contributed by atoms with van der Waals surface area (Å²) in [7, 11) is 1.58. The van der Waals surface area contributed by atoms with Crippen LogP contribution in [0, 0.1) is 0 Å². The van der Waals surface area contributed by atoms with Gasteiger partial charge in [-0.3, -0.25) is 11.3 Å². The first kappa shape index (κ1) is 13.4. The molecule has 2 aromatic rings. The molecule has 0 radical (unpaired) electrons. The third-order valence-corrected chi connectivity index (χ3v) is 4.46. The van der Waals surface area contributed by atoms with Crippen LogP contribution in [-0.4, -0.2) is 17.1 Å². The van der Waals surface area contributed by atoms with E-state index < -0.39 is 0 Å². The van der Waals surface area contributed by atoms with Crippen molar-refractivity contribution in [1.82, 2.24) is 15.4 Å². The van der Waals surface area contributed by atoms with E-state index in [9.17, 15) is 0 Å². The number of methoxy groups -OCH3 is 1. The number of nitrogens with one attached hydrogen (secondary N) is 1. The van der Waals surface area contributed by atoms with Crippen LogP contribution in [0.3, 0.4) is 0 Å². The summed E-state index contributed by atoms with van der Waals surface area (Å²) in [4.78, 5) is 9.42. The average molecular weight is 329 g/mol. The van der Waals surface area contributed by atoms with Gasteiger partial charge in [0, 0.05) is 21.8 Å². The van der Waals surface area contributed by atoms with Crippen molar-refractivity contribution in [1.29, 1.82) is 0 Å². The van der Waals surface area contributed by atoms with Gasteiger partial charge in [0.1, 0.15) is 6.33 Å². The molecule has 0 aliphatic carbocycles. The number of hydrazine groups is 1. The smallest absolute Gasteiger partial charge is 0.216 e. The number of aromatic nitrogens is 2. The summed E-state index contributed by atoms with van der Waals surface area (Å²) >= 11 is 5.19. The lowest BCUT2D eigenvalue weighted by Gasteiger charge is -2.15. The van der Waals surface area contributed by atoms with Gasteiger partial charge in [-0.05, 0) is 27.4 Å². The summed E-state index contributed by atoms with van der Waals surface area (Å²) in [6.07, 6.45) is 2.23. The molecule has 0 saturated heterocycles. The minimum atomic E-state index is -0.0724. The van der Waals surface area contributed by atoms with Crippen molar-refractivity contribution in [2.45, 2.75) is 12.5 Å². The van der Waals surface area contributed by atoms with E-state index in [-0.39, 0.29) is 6.04 Å². The summed E-state index contributed by atoms with van der Waals surface area (Å²) in [5.74, 6) is 6.13. The van der Waals surface area contributed by atoms with Crippen molar-refractivity contribution in [2.75, 3.05) is 7.11 Å². The van der Waals surface area contributed by atoms with Crippen LogP contribution in [0.2, 0.25) is 0 Å². The zero-order valence-corrected chi connectivity index (χ0v) is 12.2.